The van der Waals surface area contributed by atoms with Gasteiger partial charge in [-0.1, -0.05) is 12.1 Å². The maximum absolute atomic E-state index is 12.6. The number of rotatable bonds is 4. The number of carbonyl (C=O) groups is 1. The molecule has 154 valence electrons. The van der Waals surface area contributed by atoms with Crippen molar-refractivity contribution in [1.82, 2.24) is 4.90 Å². The van der Waals surface area contributed by atoms with E-state index in [2.05, 4.69) is 39.4 Å². The Hall–Kier alpha value is -2.93. The van der Waals surface area contributed by atoms with Crippen LogP contribution in [0.4, 0.5) is 21.9 Å². The number of para-hydroxylation sites is 2. The molecule has 0 unspecified atom stereocenters. The molecule has 7 heteroatoms. The van der Waals surface area contributed by atoms with Crippen molar-refractivity contribution in [2.75, 3.05) is 74.7 Å². The smallest absolute Gasteiger partial charge is 0.321 e. The second-order valence-electron chi connectivity index (χ2n) is 7.22. The van der Waals surface area contributed by atoms with Gasteiger partial charge < -0.3 is 29.5 Å². The summed E-state index contributed by atoms with van der Waals surface area (Å²) in [5, 5.41) is 2.97. The lowest BCUT2D eigenvalue weighted by molar-refractivity contribution is 0.122. The normalized spacial score (nSPS) is 17.2. The third-order valence-electron chi connectivity index (χ3n) is 5.48. The first-order valence-electron chi connectivity index (χ1n) is 10.1. The predicted molar refractivity (Wildman–Crippen MR) is 115 cm³/mol. The van der Waals surface area contributed by atoms with Gasteiger partial charge in [-0.15, -0.1) is 0 Å². The van der Waals surface area contributed by atoms with Gasteiger partial charge >= 0.3 is 6.03 Å². The van der Waals surface area contributed by atoms with Crippen LogP contribution in [-0.4, -0.2) is 70.5 Å². The van der Waals surface area contributed by atoms with Crippen molar-refractivity contribution in [3.05, 3.63) is 48.5 Å². The lowest BCUT2D eigenvalue weighted by Gasteiger charge is -2.39. The molecule has 0 saturated carbocycles. The number of hydrogen-bond acceptors (Lipinski definition) is 5. The number of nitrogens with one attached hydrogen (secondary N) is 1. The van der Waals surface area contributed by atoms with Gasteiger partial charge in [-0.2, -0.15) is 0 Å². The molecule has 4 rings (SSSR count). The molecule has 1 N–H and O–H groups in total. The number of hydrogen-bond donors (Lipinski definition) is 1. The molecule has 2 fully saturated rings. The fourth-order valence-electron chi connectivity index (χ4n) is 3.83. The van der Waals surface area contributed by atoms with Crippen molar-refractivity contribution in [1.29, 1.82) is 0 Å². The highest BCUT2D eigenvalue weighted by molar-refractivity contribution is 5.89. The average Bonchev–Trinajstić information content (AvgIpc) is 2.80. The predicted octanol–water partition coefficient (Wildman–Crippen LogP) is 2.89. The molecule has 0 aromatic heterocycles. The number of carbonyl (C=O) groups excluding carboxylic acids is 1. The Balaban J connectivity index is 1.36. The van der Waals surface area contributed by atoms with Gasteiger partial charge in [0, 0.05) is 45.0 Å². The molecule has 2 amide bonds. The summed E-state index contributed by atoms with van der Waals surface area (Å²) in [6, 6.07) is 15.9. The third kappa shape index (κ3) is 4.56. The van der Waals surface area contributed by atoms with E-state index in [0.717, 1.165) is 50.8 Å². The van der Waals surface area contributed by atoms with Crippen LogP contribution in [-0.2, 0) is 4.74 Å². The van der Waals surface area contributed by atoms with Crippen molar-refractivity contribution >= 4 is 23.1 Å². The Kier molecular flexibility index (Phi) is 6.05. The van der Waals surface area contributed by atoms with Crippen LogP contribution in [0.3, 0.4) is 0 Å². The number of anilines is 3. The minimum atomic E-state index is -0.0590. The minimum absolute atomic E-state index is 0.0590. The molecule has 2 aromatic rings. The van der Waals surface area contributed by atoms with Crippen molar-refractivity contribution in [2.24, 2.45) is 0 Å². The zero-order chi connectivity index (χ0) is 20.1. The van der Waals surface area contributed by atoms with E-state index in [-0.39, 0.29) is 6.03 Å². The van der Waals surface area contributed by atoms with Gasteiger partial charge in [-0.25, -0.2) is 4.79 Å². The molecule has 29 heavy (non-hydrogen) atoms. The molecule has 2 heterocycles. The summed E-state index contributed by atoms with van der Waals surface area (Å²) < 4.78 is 10.7. The van der Waals surface area contributed by atoms with E-state index in [4.69, 9.17) is 9.47 Å². The Morgan fingerprint density at radius 1 is 0.862 bits per heavy atom. The fraction of sp³-hybridized carbons (Fsp3) is 0.409. The van der Waals surface area contributed by atoms with E-state index in [0.29, 0.717) is 13.1 Å². The lowest BCUT2D eigenvalue weighted by atomic mass is 10.2. The zero-order valence-electron chi connectivity index (χ0n) is 16.8. The molecule has 0 radical (unpaired) electrons. The number of nitrogens with zero attached hydrogens (tertiary/aromatic N) is 3. The van der Waals surface area contributed by atoms with E-state index < -0.39 is 0 Å². The Morgan fingerprint density at radius 2 is 1.45 bits per heavy atom. The molecular formula is C22H28N4O3. The average molecular weight is 396 g/mol. The SMILES string of the molecule is COc1ccc(NC(=O)N2CCN(c3ccccc3N3CCOCC3)CC2)cc1. The van der Waals surface area contributed by atoms with Crippen LogP contribution >= 0.6 is 0 Å². The van der Waals surface area contributed by atoms with Gasteiger partial charge in [0.1, 0.15) is 5.75 Å². The second-order valence-corrected chi connectivity index (χ2v) is 7.22. The maximum Gasteiger partial charge on any atom is 0.321 e. The van der Waals surface area contributed by atoms with Gasteiger partial charge in [0.2, 0.25) is 0 Å². The first-order valence-corrected chi connectivity index (χ1v) is 10.1. The summed E-state index contributed by atoms with van der Waals surface area (Å²) in [6.07, 6.45) is 0. The summed E-state index contributed by atoms with van der Waals surface area (Å²) >= 11 is 0. The monoisotopic (exact) mass is 396 g/mol. The molecule has 0 bridgehead atoms. The molecule has 0 aliphatic carbocycles. The van der Waals surface area contributed by atoms with Crippen molar-refractivity contribution in [2.45, 2.75) is 0 Å². The number of benzene rings is 2. The molecular weight excluding hydrogens is 368 g/mol. The molecule has 7 nitrogen and oxygen atoms in total. The van der Waals surface area contributed by atoms with Crippen LogP contribution in [0.15, 0.2) is 48.5 Å². The van der Waals surface area contributed by atoms with Crippen molar-refractivity contribution in [3.8, 4) is 5.75 Å². The van der Waals surface area contributed by atoms with Crippen LogP contribution in [0.2, 0.25) is 0 Å². The van der Waals surface area contributed by atoms with Crippen molar-refractivity contribution in [3.63, 3.8) is 0 Å². The van der Waals surface area contributed by atoms with Gasteiger partial charge in [0.25, 0.3) is 0 Å². The molecule has 2 saturated heterocycles. The largest absolute Gasteiger partial charge is 0.497 e. The fourth-order valence-corrected chi connectivity index (χ4v) is 3.83. The maximum atomic E-state index is 12.6. The van der Waals surface area contributed by atoms with E-state index in [9.17, 15) is 4.79 Å². The third-order valence-corrected chi connectivity index (χ3v) is 5.48. The molecule has 2 aromatic carbocycles. The lowest BCUT2D eigenvalue weighted by Crippen LogP contribution is -2.50. The number of amides is 2. The van der Waals surface area contributed by atoms with Crippen LogP contribution in [0.1, 0.15) is 0 Å². The number of morpholine rings is 1. The first-order chi connectivity index (χ1) is 14.2. The summed E-state index contributed by atoms with van der Waals surface area (Å²) in [7, 11) is 1.63. The molecule has 2 aliphatic rings. The zero-order valence-corrected chi connectivity index (χ0v) is 16.8. The number of urea groups is 1. The number of piperazine rings is 1. The highest BCUT2D eigenvalue weighted by Gasteiger charge is 2.24. The Bertz CT molecular complexity index is 813. The van der Waals surface area contributed by atoms with Gasteiger partial charge in [-0.05, 0) is 36.4 Å². The standard InChI is InChI=1S/C22H28N4O3/c1-28-19-8-6-18(7-9-19)23-22(27)26-12-10-24(11-13-26)20-4-2-3-5-21(20)25-14-16-29-17-15-25/h2-9H,10-17H2,1H3,(H,23,27). The highest BCUT2D eigenvalue weighted by Crippen LogP contribution is 2.30. The molecule has 0 spiro atoms. The summed E-state index contributed by atoms with van der Waals surface area (Å²) in [6.45, 7) is 6.40. The molecule has 2 aliphatic heterocycles. The first kappa shape index (κ1) is 19.4. The summed E-state index contributed by atoms with van der Waals surface area (Å²) in [5.74, 6) is 0.774. The number of methoxy groups -OCH3 is 1. The Labute approximate surface area is 171 Å². The highest BCUT2D eigenvalue weighted by atomic mass is 16.5. The van der Waals surface area contributed by atoms with Gasteiger partial charge in [-0.3, -0.25) is 0 Å². The van der Waals surface area contributed by atoms with Crippen LogP contribution in [0.5, 0.6) is 5.75 Å². The van der Waals surface area contributed by atoms with Crippen molar-refractivity contribution < 1.29 is 14.3 Å². The summed E-state index contributed by atoms with van der Waals surface area (Å²) in [5.41, 5.74) is 3.27. The van der Waals surface area contributed by atoms with E-state index in [1.165, 1.54) is 11.4 Å². The summed E-state index contributed by atoms with van der Waals surface area (Å²) in [4.78, 5) is 19.3. The van der Waals surface area contributed by atoms with E-state index in [1.807, 2.05) is 29.2 Å². The van der Waals surface area contributed by atoms with Crippen LogP contribution in [0, 0.1) is 0 Å². The second kappa shape index (κ2) is 9.05. The van der Waals surface area contributed by atoms with Gasteiger partial charge in [0.05, 0.1) is 31.7 Å². The van der Waals surface area contributed by atoms with Crippen LogP contribution < -0.4 is 19.9 Å². The van der Waals surface area contributed by atoms with E-state index >= 15 is 0 Å². The topological polar surface area (TPSA) is 57.3 Å². The molecule has 0 atom stereocenters. The van der Waals surface area contributed by atoms with Crippen LogP contribution in [0.25, 0.3) is 0 Å². The quantitative estimate of drug-likeness (QED) is 0.861. The van der Waals surface area contributed by atoms with Gasteiger partial charge in [0.15, 0.2) is 0 Å². The number of ether oxygens (including phenoxy) is 2. The van der Waals surface area contributed by atoms with E-state index in [1.54, 1.807) is 7.11 Å². The minimum Gasteiger partial charge on any atom is -0.497 e. The Morgan fingerprint density at radius 3 is 2.03 bits per heavy atom.